The molecule has 4 nitrogen and oxygen atoms in total. The first kappa shape index (κ1) is 14.6. The van der Waals surface area contributed by atoms with E-state index in [0.29, 0.717) is 26.8 Å². The number of benzene rings is 1. The van der Waals surface area contributed by atoms with Crippen molar-refractivity contribution in [3.8, 4) is 5.69 Å². The van der Waals surface area contributed by atoms with E-state index in [1.165, 1.54) is 16.0 Å². The van der Waals surface area contributed by atoms with Gasteiger partial charge in [0.25, 0.3) is 5.56 Å². The quantitative estimate of drug-likeness (QED) is 0.627. The molecule has 3 aromatic rings. The van der Waals surface area contributed by atoms with Gasteiger partial charge in [0.2, 0.25) is 0 Å². The van der Waals surface area contributed by atoms with E-state index in [9.17, 15) is 4.79 Å². The average molecular weight is 428 g/mol. The number of anilines is 1. The third-order valence-corrected chi connectivity index (χ3v) is 4.42. The van der Waals surface area contributed by atoms with Crippen molar-refractivity contribution in [2.75, 3.05) is 5.73 Å². The molecule has 0 unspecified atom stereocenters. The molecule has 7 heteroatoms. The summed E-state index contributed by atoms with van der Waals surface area (Å²) in [5.41, 5.74) is 7.08. The van der Waals surface area contributed by atoms with Crippen LogP contribution in [-0.4, -0.2) is 9.78 Å². The maximum absolute atomic E-state index is 12.6. The Morgan fingerprint density at radius 2 is 2.05 bits per heavy atom. The average Bonchev–Trinajstić information content (AvgIpc) is 2.86. The normalized spacial score (nSPS) is 11.5. The van der Waals surface area contributed by atoms with Gasteiger partial charge in [0.05, 0.1) is 21.8 Å². The van der Waals surface area contributed by atoms with Crippen LogP contribution in [0.15, 0.2) is 38.5 Å². The molecule has 0 amide bonds. The summed E-state index contributed by atoms with van der Waals surface area (Å²) >= 11 is 9.35. The lowest BCUT2D eigenvalue weighted by atomic mass is 10.2. The van der Waals surface area contributed by atoms with Crippen molar-refractivity contribution >= 4 is 67.4 Å². The van der Waals surface area contributed by atoms with Gasteiger partial charge in [-0.25, -0.2) is 0 Å². The SMILES string of the molecule is Nc1scc2c(/C=C/[125I])nn(-c3ccc(Cl)cc3)c(=O)c12. The summed E-state index contributed by atoms with van der Waals surface area (Å²) in [5, 5.41) is 8.68. The standard InChI is InChI=1S/C14H9ClIN3OS/c15-8-1-3-9(4-2-8)19-14(20)12-10(7-21-13(12)17)11(18-19)5-6-16/h1-7H,17H2/b6-5+/i16-2. The number of thiophene rings is 1. The fourth-order valence-corrected chi connectivity index (χ4v) is 3.30. The van der Waals surface area contributed by atoms with Crippen molar-refractivity contribution in [1.29, 1.82) is 0 Å². The zero-order chi connectivity index (χ0) is 15.0. The van der Waals surface area contributed by atoms with Crippen molar-refractivity contribution in [2.45, 2.75) is 0 Å². The van der Waals surface area contributed by atoms with Gasteiger partial charge in [0.15, 0.2) is 0 Å². The van der Waals surface area contributed by atoms with Gasteiger partial charge in [-0.05, 0) is 34.4 Å². The molecule has 0 bridgehead atoms. The number of nitrogens with zero attached hydrogens (tertiary/aromatic N) is 2. The topological polar surface area (TPSA) is 60.9 Å². The van der Waals surface area contributed by atoms with Gasteiger partial charge in [-0.15, -0.1) is 11.3 Å². The third kappa shape index (κ3) is 2.58. The highest BCUT2D eigenvalue weighted by Gasteiger charge is 2.14. The number of nitrogen functional groups attached to an aromatic ring is 1. The monoisotopic (exact) mass is 427 g/mol. The molecule has 2 heterocycles. The van der Waals surface area contributed by atoms with Crippen LogP contribution in [0.25, 0.3) is 22.5 Å². The molecule has 0 radical (unpaired) electrons. The molecule has 21 heavy (non-hydrogen) atoms. The van der Waals surface area contributed by atoms with E-state index in [-0.39, 0.29) is 5.56 Å². The second-order valence-corrected chi connectivity index (χ2v) is 6.33. The largest absolute Gasteiger partial charge is 0.390 e. The molecular formula is C14H9ClIN3OS. The van der Waals surface area contributed by atoms with E-state index in [2.05, 4.69) is 27.7 Å². The van der Waals surface area contributed by atoms with Crippen LogP contribution in [0.4, 0.5) is 5.00 Å². The lowest BCUT2D eigenvalue weighted by molar-refractivity contribution is 0.816. The number of fused-ring (bicyclic) bond motifs is 1. The minimum atomic E-state index is -0.225. The summed E-state index contributed by atoms with van der Waals surface area (Å²) in [6, 6.07) is 6.95. The molecule has 106 valence electrons. The highest BCUT2D eigenvalue weighted by Crippen LogP contribution is 2.28. The smallest absolute Gasteiger partial charge is 0.282 e. The molecule has 0 aliphatic rings. The number of hydrogen-bond acceptors (Lipinski definition) is 4. The Balaban J connectivity index is 2.37. The first-order valence-electron chi connectivity index (χ1n) is 5.94. The molecule has 0 atom stereocenters. The van der Waals surface area contributed by atoms with Crippen LogP contribution >= 0.6 is 45.5 Å². The first-order chi connectivity index (χ1) is 10.1. The Kier molecular flexibility index (Phi) is 4.01. The minimum Gasteiger partial charge on any atom is -0.390 e. The van der Waals surface area contributed by atoms with Crippen molar-refractivity contribution in [3.63, 3.8) is 0 Å². The summed E-state index contributed by atoms with van der Waals surface area (Å²) in [4.78, 5) is 12.6. The van der Waals surface area contributed by atoms with Crippen LogP contribution in [0.1, 0.15) is 5.69 Å². The van der Waals surface area contributed by atoms with E-state index < -0.39 is 0 Å². The number of nitrogens with two attached hydrogens (primary N) is 1. The molecule has 0 spiro atoms. The number of aromatic nitrogens is 2. The van der Waals surface area contributed by atoms with E-state index in [1.54, 1.807) is 24.3 Å². The summed E-state index contributed by atoms with van der Waals surface area (Å²) in [7, 11) is 0. The molecule has 3 rings (SSSR count). The van der Waals surface area contributed by atoms with E-state index >= 15 is 0 Å². The molecule has 2 N–H and O–H groups in total. The maximum atomic E-state index is 12.6. The summed E-state index contributed by atoms with van der Waals surface area (Å²) in [6.07, 6.45) is 1.85. The van der Waals surface area contributed by atoms with Crippen LogP contribution in [-0.2, 0) is 0 Å². The summed E-state index contributed by atoms with van der Waals surface area (Å²) in [5.74, 6) is 0. The van der Waals surface area contributed by atoms with Crippen molar-refractivity contribution in [2.24, 2.45) is 0 Å². The van der Waals surface area contributed by atoms with Gasteiger partial charge >= 0.3 is 0 Å². The van der Waals surface area contributed by atoms with Crippen LogP contribution in [0.3, 0.4) is 0 Å². The van der Waals surface area contributed by atoms with E-state index in [0.717, 1.165) is 5.39 Å². The molecular weight excluding hydrogens is 419 g/mol. The van der Waals surface area contributed by atoms with E-state index in [1.807, 2.05) is 15.5 Å². The molecule has 0 aliphatic heterocycles. The van der Waals surface area contributed by atoms with Crippen molar-refractivity contribution in [1.82, 2.24) is 9.78 Å². The zero-order valence-electron chi connectivity index (χ0n) is 10.6. The molecule has 0 fully saturated rings. The van der Waals surface area contributed by atoms with Crippen molar-refractivity contribution in [3.05, 3.63) is 54.8 Å². The molecule has 1 aromatic carbocycles. The lowest BCUT2D eigenvalue weighted by Gasteiger charge is -2.07. The van der Waals surface area contributed by atoms with Gasteiger partial charge in [0.1, 0.15) is 0 Å². The molecule has 0 aliphatic carbocycles. The number of hydrogen-bond donors (Lipinski definition) is 1. The minimum absolute atomic E-state index is 0.225. The van der Waals surface area contributed by atoms with Gasteiger partial charge in [-0.3, -0.25) is 4.79 Å². The third-order valence-electron chi connectivity index (χ3n) is 3.00. The Hall–Kier alpha value is -1.38. The van der Waals surface area contributed by atoms with Crippen LogP contribution in [0.5, 0.6) is 0 Å². The fourth-order valence-electron chi connectivity index (χ4n) is 2.04. The van der Waals surface area contributed by atoms with Crippen molar-refractivity contribution < 1.29 is 0 Å². The fraction of sp³-hybridized carbons (Fsp3) is 0. The second-order valence-electron chi connectivity index (χ2n) is 4.26. The van der Waals surface area contributed by atoms with Crippen LogP contribution in [0, 0.1) is 0 Å². The second kappa shape index (κ2) is 5.78. The van der Waals surface area contributed by atoms with Crippen LogP contribution < -0.4 is 11.3 Å². The Bertz CT molecular complexity index is 899. The highest BCUT2D eigenvalue weighted by molar-refractivity contribution is 14.1. The predicted octanol–water partition coefficient (Wildman–Crippen LogP) is 4.09. The van der Waals surface area contributed by atoms with Gasteiger partial charge in [-0.1, -0.05) is 34.2 Å². The van der Waals surface area contributed by atoms with E-state index in [4.69, 9.17) is 17.3 Å². The molecule has 0 saturated carbocycles. The first-order valence-corrected chi connectivity index (χ1v) is 8.45. The van der Waals surface area contributed by atoms with Crippen LogP contribution in [0.2, 0.25) is 5.02 Å². The van der Waals surface area contributed by atoms with Gasteiger partial charge < -0.3 is 5.73 Å². The maximum Gasteiger partial charge on any atom is 0.282 e. The Morgan fingerprint density at radius 3 is 2.71 bits per heavy atom. The highest BCUT2D eigenvalue weighted by atomic mass is 125. The number of halogens is 2. The summed E-state index contributed by atoms with van der Waals surface area (Å²) < 4.78 is 3.21. The summed E-state index contributed by atoms with van der Waals surface area (Å²) in [6.45, 7) is 0. The lowest BCUT2D eigenvalue weighted by Crippen LogP contribution is -2.22. The zero-order valence-corrected chi connectivity index (χ0v) is 14.3. The Labute approximate surface area is 143 Å². The molecule has 2 aromatic heterocycles. The predicted molar refractivity (Wildman–Crippen MR) is 97.7 cm³/mol. The Morgan fingerprint density at radius 1 is 1.33 bits per heavy atom. The van der Waals surface area contributed by atoms with Gasteiger partial charge in [0, 0.05) is 15.8 Å². The number of rotatable bonds is 2. The molecule has 0 saturated heterocycles. The van der Waals surface area contributed by atoms with Gasteiger partial charge in [-0.2, -0.15) is 9.78 Å².